The molecule has 1 aliphatic heterocycles. The molecule has 0 atom stereocenters. The lowest BCUT2D eigenvalue weighted by Crippen LogP contribution is -2.49. The van der Waals surface area contributed by atoms with Crippen molar-refractivity contribution in [2.24, 2.45) is 0 Å². The van der Waals surface area contributed by atoms with Gasteiger partial charge in [0.15, 0.2) is 0 Å². The van der Waals surface area contributed by atoms with Crippen LogP contribution < -0.4 is 0 Å². The van der Waals surface area contributed by atoms with Gasteiger partial charge in [-0.1, -0.05) is 30.3 Å². The van der Waals surface area contributed by atoms with Crippen LogP contribution in [-0.4, -0.2) is 41.5 Å². The fraction of sp³-hybridized carbons (Fsp3) is 0.632. The Labute approximate surface area is 151 Å². The molecular weight excluding hydrogens is 317 g/mol. The molecule has 1 fully saturated rings. The van der Waals surface area contributed by atoms with Crippen LogP contribution in [0.15, 0.2) is 30.3 Å². The Morgan fingerprint density at radius 1 is 1.08 bits per heavy atom. The van der Waals surface area contributed by atoms with E-state index in [0.717, 1.165) is 5.56 Å². The lowest BCUT2D eigenvalue weighted by atomic mass is 9.90. The van der Waals surface area contributed by atoms with Crippen molar-refractivity contribution in [3.8, 4) is 0 Å². The van der Waals surface area contributed by atoms with E-state index in [0.29, 0.717) is 13.0 Å². The van der Waals surface area contributed by atoms with E-state index in [2.05, 4.69) is 0 Å². The van der Waals surface area contributed by atoms with E-state index < -0.39 is 30.1 Å². The highest BCUT2D eigenvalue weighted by Gasteiger charge is 2.55. The molecule has 0 aromatic heterocycles. The summed E-state index contributed by atoms with van der Waals surface area (Å²) in [6.45, 7) is 13.9. The van der Waals surface area contributed by atoms with Gasteiger partial charge in [0.1, 0.15) is 5.60 Å². The number of amides is 1. The van der Waals surface area contributed by atoms with E-state index in [1.165, 1.54) is 4.81 Å². The number of carbonyl (C=O) groups is 1. The van der Waals surface area contributed by atoms with Gasteiger partial charge in [0, 0.05) is 6.54 Å². The molecule has 5 nitrogen and oxygen atoms in total. The summed E-state index contributed by atoms with van der Waals surface area (Å²) in [5, 5.41) is 0. The normalized spacial score (nSPS) is 18.9. The molecule has 1 saturated heterocycles. The molecule has 0 N–H and O–H groups in total. The SMILES string of the molecule is CC(C)(C)OC(=O)N(CCc1ccccc1)B1OC(C)(C)C(C)(C)O1. The van der Waals surface area contributed by atoms with E-state index in [-0.39, 0.29) is 0 Å². The van der Waals surface area contributed by atoms with E-state index in [1.54, 1.807) is 0 Å². The molecule has 0 aliphatic carbocycles. The first-order valence-corrected chi connectivity index (χ1v) is 8.80. The Bertz CT molecular complexity index is 579. The van der Waals surface area contributed by atoms with Gasteiger partial charge in [0.25, 0.3) is 0 Å². The maximum Gasteiger partial charge on any atom is 0.599 e. The second-order valence-electron chi connectivity index (χ2n) is 8.47. The number of carbonyl (C=O) groups excluding carboxylic acids is 1. The van der Waals surface area contributed by atoms with Gasteiger partial charge < -0.3 is 14.0 Å². The average Bonchev–Trinajstić information content (AvgIpc) is 2.66. The highest BCUT2D eigenvalue weighted by Crippen LogP contribution is 2.37. The molecule has 1 aliphatic rings. The summed E-state index contributed by atoms with van der Waals surface area (Å²) in [4.78, 5) is 14.3. The molecule has 0 bridgehead atoms. The zero-order chi connectivity index (χ0) is 18.9. The standard InChI is InChI=1S/C19H30BNO4/c1-17(2,3)23-16(22)21(14-13-15-11-9-8-10-12-15)20-24-18(4,5)19(6,7)25-20/h8-12H,13-14H2,1-7H3. The lowest BCUT2D eigenvalue weighted by Gasteiger charge is -2.32. The molecule has 1 aromatic rings. The minimum atomic E-state index is -0.761. The first-order valence-electron chi connectivity index (χ1n) is 8.80. The van der Waals surface area contributed by atoms with Crippen LogP contribution >= 0.6 is 0 Å². The molecule has 0 saturated carbocycles. The summed E-state index contributed by atoms with van der Waals surface area (Å²) in [5.41, 5.74) is -0.450. The van der Waals surface area contributed by atoms with Crippen LogP contribution in [0.3, 0.4) is 0 Å². The fourth-order valence-electron chi connectivity index (χ4n) is 2.44. The number of ether oxygens (including phenoxy) is 1. The van der Waals surface area contributed by atoms with Crippen LogP contribution in [-0.2, 0) is 20.5 Å². The smallest absolute Gasteiger partial charge is 0.444 e. The number of hydrogen-bond acceptors (Lipinski definition) is 4. The Morgan fingerprint density at radius 3 is 2.08 bits per heavy atom. The van der Waals surface area contributed by atoms with Crippen LogP contribution in [0.4, 0.5) is 4.79 Å². The molecule has 138 valence electrons. The molecule has 1 aromatic carbocycles. The van der Waals surface area contributed by atoms with Crippen molar-refractivity contribution >= 4 is 13.3 Å². The van der Waals surface area contributed by atoms with E-state index >= 15 is 0 Å². The Morgan fingerprint density at radius 2 is 1.60 bits per heavy atom. The largest absolute Gasteiger partial charge is 0.599 e. The number of benzene rings is 1. The summed E-state index contributed by atoms with van der Waals surface area (Å²) in [6, 6.07) is 10.0. The van der Waals surface area contributed by atoms with Crippen molar-refractivity contribution in [3.05, 3.63) is 35.9 Å². The summed E-state index contributed by atoms with van der Waals surface area (Å²) in [5.74, 6) is 0. The van der Waals surface area contributed by atoms with Gasteiger partial charge in [-0.25, -0.2) is 4.79 Å². The predicted molar refractivity (Wildman–Crippen MR) is 99.2 cm³/mol. The van der Waals surface area contributed by atoms with Crippen molar-refractivity contribution in [2.75, 3.05) is 6.54 Å². The summed E-state index contributed by atoms with van der Waals surface area (Å²) in [7, 11) is -0.761. The lowest BCUT2D eigenvalue weighted by molar-refractivity contribution is 0.00578. The highest BCUT2D eigenvalue weighted by atomic mass is 16.7. The van der Waals surface area contributed by atoms with Crippen molar-refractivity contribution in [1.82, 2.24) is 4.81 Å². The number of hydrogen-bond donors (Lipinski definition) is 0. The third-order valence-corrected chi connectivity index (χ3v) is 4.61. The quantitative estimate of drug-likeness (QED) is 0.771. The molecule has 0 radical (unpaired) electrons. The van der Waals surface area contributed by atoms with Crippen LogP contribution in [0.25, 0.3) is 0 Å². The van der Waals surface area contributed by atoms with Crippen LogP contribution in [0.1, 0.15) is 54.0 Å². The summed E-state index contributed by atoms with van der Waals surface area (Å²) >= 11 is 0. The van der Waals surface area contributed by atoms with Crippen LogP contribution in [0, 0.1) is 0 Å². The maximum atomic E-state index is 12.7. The van der Waals surface area contributed by atoms with Gasteiger partial charge in [-0.3, -0.25) is 4.81 Å². The summed E-state index contributed by atoms with van der Waals surface area (Å²) < 4.78 is 17.7. The minimum absolute atomic E-state index is 0.429. The van der Waals surface area contributed by atoms with Crippen molar-refractivity contribution in [3.63, 3.8) is 0 Å². The zero-order valence-corrected chi connectivity index (χ0v) is 16.5. The van der Waals surface area contributed by atoms with E-state index in [4.69, 9.17) is 14.0 Å². The molecule has 6 heteroatoms. The first-order chi connectivity index (χ1) is 11.4. The maximum absolute atomic E-state index is 12.7. The molecule has 1 heterocycles. The van der Waals surface area contributed by atoms with Crippen molar-refractivity contribution in [1.29, 1.82) is 0 Å². The molecule has 25 heavy (non-hydrogen) atoms. The van der Waals surface area contributed by atoms with Crippen LogP contribution in [0.2, 0.25) is 0 Å². The third kappa shape index (κ3) is 4.99. The fourth-order valence-corrected chi connectivity index (χ4v) is 2.44. The van der Waals surface area contributed by atoms with Gasteiger partial charge in [-0.05, 0) is 60.5 Å². The second kappa shape index (κ2) is 7.00. The van der Waals surface area contributed by atoms with Crippen molar-refractivity contribution < 1.29 is 18.8 Å². The summed E-state index contributed by atoms with van der Waals surface area (Å²) in [6.07, 6.45) is 0.270. The molecule has 0 spiro atoms. The molecular formula is C19H30BNO4. The number of rotatable bonds is 4. The first kappa shape index (κ1) is 19.8. The molecule has 0 unspecified atom stereocenters. The van der Waals surface area contributed by atoms with Gasteiger partial charge in [-0.15, -0.1) is 0 Å². The third-order valence-electron chi connectivity index (χ3n) is 4.61. The van der Waals surface area contributed by atoms with Crippen LogP contribution in [0.5, 0.6) is 0 Å². The Kier molecular flexibility index (Phi) is 5.54. The second-order valence-corrected chi connectivity index (χ2v) is 8.47. The Balaban J connectivity index is 2.16. The van der Waals surface area contributed by atoms with Gasteiger partial charge in [0.2, 0.25) is 0 Å². The van der Waals surface area contributed by atoms with E-state index in [9.17, 15) is 4.79 Å². The topological polar surface area (TPSA) is 48.0 Å². The average molecular weight is 347 g/mol. The van der Waals surface area contributed by atoms with Crippen molar-refractivity contribution in [2.45, 2.75) is 71.7 Å². The predicted octanol–water partition coefficient (Wildman–Crippen LogP) is 4.06. The zero-order valence-electron chi connectivity index (χ0n) is 16.5. The van der Waals surface area contributed by atoms with Gasteiger partial charge in [0.05, 0.1) is 11.2 Å². The minimum Gasteiger partial charge on any atom is -0.444 e. The highest BCUT2D eigenvalue weighted by molar-refractivity contribution is 6.45. The molecule has 2 rings (SSSR count). The monoisotopic (exact) mass is 347 g/mol. The number of nitrogens with zero attached hydrogens (tertiary/aromatic N) is 1. The molecule has 1 amide bonds. The van der Waals surface area contributed by atoms with Gasteiger partial charge >= 0.3 is 13.3 Å². The van der Waals surface area contributed by atoms with E-state index in [1.807, 2.05) is 78.8 Å². The Hall–Kier alpha value is -1.53. The van der Waals surface area contributed by atoms with Gasteiger partial charge in [-0.2, -0.15) is 0 Å².